The Morgan fingerprint density at radius 3 is 1.89 bits per heavy atom. The zero-order valence-electron chi connectivity index (χ0n) is 12.2. The van der Waals surface area contributed by atoms with Gasteiger partial charge in [-0.15, -0.1) is 0 Å². The van der Waals surface area contributed by atoms with Crippen LogP contribution in [0.15, 0.2) is 12.7 Å². The van der Waals surface area contributed by atoms with Crippen LogP contribution in [0.25, 0.3) is 0 Å². The number of unbranched alkanes of at least 4 members (excludes halogenated alkanes) is 2. The van der Waals surface area contributed by atoms with Crippen LogP contribution in [-0.2, 0) is 13.6 Å². The van der Waals surface area contributed by atoms with E-state index >= 15 is 0 Å². The van der Waals surface area contributed by atoms with Crippen molar-refractivity contribution in [2.45, 2.75) is 58.9 Å². The molecule has 0 saturated carbocycles. The second-order valence-electron chi connectivity index (χ2n) is 4.48. The summed E-state index contributed by atoms with van der Waals surface area (Å²) in [6.45, 7) is 11.1. The highest BCUT2D eigenvalue weighted by atomic mass is 28.4. The SMILES string of the molecule is C=CC(=O)[Si](CCC)(OCCCC)OCCCC. The van der Waals surface area contributed by atoms with Crippen LogP contribution >= 0.6 is 0 Å². The molecule has 0 aliphatic heterocycles. The first-order valence-corrected chi connectivity index (χ1v) is 9.14. The molecule has 3 nitrogen and oxygen atoms in total. The molecule has 0 bridgehead atoms. The standard InChI is InChI=1S/C14H28O3Si/c1-5-9-11-16-18(13-7-3,14(15)8-4)17-12-10-6-2/h8H,4-7,9-13H2,1-3H3. The number of rotatable bonds is 12. The molecule has 0 unspecified atom stereocenters. The van der Waals surface area contributed by atoms with Crippen molar-refractivity contribution < 1.29 is 13.6 Å². The molecule has 0 atom stereocenters. The molecular formula is C14H28O3Si. The van der Waals surface area contributed by atoms with Gasteiger partial charge in [0.2, 0.25) is 0 Å². The zero-order chi connectivity index (χ0) is 13.9. The highest BCUT2D eigenvalue weighted by Gasteiger charge is 2.43. The molecule has 0 rings (SSSR count). The highest BCUT2D eigenvalue weighted by molar-refractivity contribution is 6.98. The quantitative estimate of drug-likeness (QED) is 0.308. The Hall–Kier alpha value is -0.453. The normalized spacial score (nSPS) is 11.5. The van der Waals surface area contributed by atoms with Crippen molar-refractivity contribution >= 4 is 14.0 Å². The van der Waals surface area contributed by atoms with Gasteiger partial charge in [0.05, 0.1) is 0 Å². The highest BCUT2D eigenvalue weighted by Crippen LogP contribution is 2.19. The van der Waals surface area contributed by atoms with E-state index in [1.165, 1.54) is 6.08 Å². The average Bonchev–Trinajstić information content (AvgIpc) is 2.38. The minimum Gasteiger partial charge on any atom is -0.389 e. The van der Waals surface area contributed by atoms with Crippen LogP contribution < -0.4 is 0 Å². The molecule has 0 fully saturated rings. The first-order chi connectivity index (χ1) is 8.66. The number of carbonyl (C=O) groups is 1. The van der Waals surface area contributed by atoms with E-state index in [0.29, 0.717) is 13.2 Å². The molecule has 106 valence electrons. The van der Waals surface area contributed by atoms with E-state index in [0.717, 1.165) is 38.1 Å². The van der Waals surface area contributed by atoms with Crippen molar-refractivity contribution in [1.29, 1.82) is 0 Å². The Labute approximate surface area is 113 Å². The monoisotopic (exact) mass is 272 g/mol. The average molecular weight is 272 g/mol. The lowest BCUT2D eigenvalue weighted by molar-refractivity contribution is -0.112. The second-order valence-corrected chi connectivity index (χ2v) is 7.55. The summed E-state index contributed by atoms with van der Waals surface area (Å²) in [5.74, 6) is 0. The van der Waals surface area contributed by atoms with Crippen molar-refractivity contribution in [2.24, 2.45) is 0 Å². The van der Waals surface area contributed by atoms with Gasteiger partial charge in [-0.3, -0.25) is 4.79 Å². The fraction of sp³-hybridized carbons (Fsp3) is 0.786. The Morgan fingerprint density at radius 2 is 1.56 bits per heavy atom. The summed E-state index contributed by atoms with van der Waals surface area (Å²) < 4.78 is 11.8. The molecule has 0 aromatic carbocycles. The Kier molecular flexibility index (Phi) is 10.2. The van der Waals surface area contributed by atoms with E-state index in [1.54, 1.807) is 0 Å². The van der Waals surface area contributed by atoms with Crippen molar-refractivity contribution in [3.63, 3.8) is 0 Å². The number of hydrogen-bond acceptors (Lipinski definition) is 3. The molecule has 0 aliphatic rings. The van der Waals surface area contributed by atoms with Crippen LogP contribution in [0.1, 0.15) is 52.9 Å². The maximum absolute atomic E-state index is 12.1. The van der Waals surface area contributed by atoms with E-state index in [2.05, 4.69) is 27.4 Å². The van der Waals surface area contributed by atoms with E-state index in [4.69, 9.17) is 8.85 Å². The summed E-state index contributed by atoms with van der Waals surface area (Å²) in [5, 5.41) is -0.0171. The third-order valence-electron chi connectivity index (χ3n) is 2.81. The van der Waals surface area contributed by atoms with Gasteiger partial charge in [0.25, 0.3) is 0 Å². The summed E-state index contributed by atoms with van der Waals surface area (Å²) >= 11 is 0. The number of hydrogen-bond donors (Lipinski definition) is 0. The molecular weight excluding hydrogens is 244 g/mol. The van der Waals surface area contributed by atoms with E-state index in [9.17, 15) is 4.79 Å². The molecule has 4 heteroatoms. The second kappa shape index (κ2) is 10.5. The van der Waals surface area contributed by atoms with Gasteiger partial charge in [0, 0.05) is 13.2 Å². The van der Waals surface area contributed by atoms with Gasteiger partial charge in [-0.05, 0) is 25.0 Å². The topological polar surface area (TPSA) is 35.5 Å². The Bertz CT molecular complexity index is 231. The lowest BCUT2D eigenvalue weighted by Gasteiger charge is -2.28. The molecule has 0 amide bonds. The molecule has 0 aromatic heterocycles. The minimum absolute atomic E-state index is 0.0171. The molecule has 0 aliphatic carbocycles. The van der Waals surface area contributed by atoms with E-state index in [-0.39, 0.29) is 5.41 Å². The van der Waals surface area contributed by atoms with Gasteiger partial charge in [-0.1, -0.05) is 46.6 Å². The maximum atomic E-state index is 12.1. The van der Waals surface area contributed by atoms with E-state index in [1.807, 2.05) is 0 Å². The van der Waals surface area contributed by atoms with Crippen molar-refractivity contribution in [3.05, 3.63) is 12.7 Å². The Balaban J connectivity index is 4.66. The van der Waals surface area contributed by atoms with Crippen LogP contribution in [0.4, 0.5) is 0 Å². The lowest BCUT2D eigenvalue weighted by atomic mass is 10.4. The lowest BCUT2D eigenvalue weighted by Crippen LogP contribution is -2.50. The molecule has 0 aromatic rings. The first-order valence-electron chi connectivity index (χ1n) is 7.11. The molecule has 0 heterocycles. The van der Waals surface area contributed by atoms with Crippen LogP contribution in [0, 0.1) is 0 Å². The van der Waals surface area contributed by atoms with Gasteiger partial charge in [0.15, 0.2) is 5.41 Å². The third kappa shape index (κ3) is 5.93. The summed E-state index contributed by atoms with van der Waals surface area (Å²) in [5.41, 5.74) is 0. The molecule has 0 N–H and O–H groups in total. The fourth-order valence-corrected chi connectivity index (χ4v) is 4.52. The van der Waals surface area contributed by atoms with Crippen molar-refractivity contribution in [2.75, 3.05) is 13.2 Å². The first kappa shape index (κ1) is 17.5. The van der Waals surface area contributed by atoms with Crippen LogP contribution in [0.3, 0.4) is 0 Å². The molecule has 0 spiro atoms. The largest absolute Gasteiger partial charge is 0.415 e. The van der Waals surface area contributed by atoms with Crippen molar-refractivity contribution in [3.8, 4) is 0 Å². The van der Waals surface area contributed by atoms with Gasteiger partial charge < -0.3 is 8.85 Å². The van der Waals surface area contributed by atoms with Gasteiger partial charge >= 0.3 is 8.56 Å². The predicted molar refractivity (Wildman–Crippen MR) is 77.8 cm³/mol. The number of carbonyl (C=O) groups excluding carboxylic acids is 1. The molecule has 0 saturated heterocycles. The van der Waals surface area contributed by atoms with Crippen LogP contribution in [0.5, 0.6) is 0 Å². The van der Waals surface area contributed by atoms with Crippen LogP contribution in [-0.4, -0.2) is 27.2 Å². The van der Waals surface area contributed by atoms with Gasteiger partial charge in [-0.25, -0.2) is 0 Å². The maximum Gasteiger partial charge on any atom is 0.415 e. The smallest absolute Gasteiger partial charge is 0.389 e. The minimum atomic E-state index is -2.73. The summed E-state index contributed by atoms with van der Waals surface area (Å²) in [7, 11) is -2.73. The van der Waals surface area contributed by atoms with Crippen LogP contribution in [0.2, 0.25) is 6.04 Å². The summed E-state index contributed by atoms with van der Waals surface area (Å²) in [6.07, 6.45) is 6.35. The van der Waals surface area contributed by atoms with Gasteiger partial charge in [-0.2, -0.15) is 0 Å². The predicted octanol–water partition coefficient (Wildman–Crippen LogP) is 3.77. The fourth-order valence-electron chi connectivity index (χ4n) is 1.70. The molecule has 18 heavy (non-hydrogen) atoms. The summed E-state index contributed by atoms with van der Waals surface area (Å²) in [6, 6.07) is 0.727. The zero-order valence-corrected chi connectivity index (χ0v) is 13.2. The van der Waals surface area contributed by atoms with E-state index < -0.39 is 8.56 Å². The number of allylic oxidation sites excluding steroid dienone is 1. The third-order valence-corrected chi connectivity index (χ3v) is 6.26. The van der Waals surface area contributed by atoms with Crippen molar-refractivity contribution in [1.82, 2.24) is 0 Å². The summed E-state index contributed by atoms with van der Waals surface area (Å²) in [4.78, 5) is 12.1. The Morgan fingerprint density at radius 1 is 1.06 bits per heavy atom. The molecule has 0 radical (unpaired) electrons. The van der Waals surface area contributed by atoms with Gasteiger partial charge in [0.1, 0.15) is 0 Å².